The SMILES string of the molecule is CCN1CCC(CNC(=O)NC2(C(=O)O)CCOC2)CC1. The van der Waals surface area contributed by atoms with Crippen LogP contribution in [0.15, 0.2) is 0 Å². The van der Waals surface area contributed by atoms with Crippen LogP contribution in [0.5, 0.6) is 0 Å². The van der Waals surface area contributed by atoms with E-state index in [9.17, 15) is 14.7 Å². The first kappa shape index (κ1) is 16.0. The zero-order valence-electron chi connectivity index (χ0n) is 12.6. The van der Waals surface area contributed by atoms with Gasteiger partial charge < -0.3 is 25.4 Å². The van der Waals surface area contributed by atoms with Crippen LogP contribution in [-0.4, -0.2) is 66.9 Å². The van der Waals surface area contributed by atoms with E-state index in [1.54, 1.807) is 0 Å². The fourth-order valence-corrected chi connectivity index (χ4v) is 2.89. The van der Waals surface area contributed by atoms with Crippen LogP contribution in [0.4, 0.5) is 4.79 Å². The summed E-state index contributed by atoms with van der Waals surface area (Å²) in [5.41, 5.74) is -1.27. The highest BCUT2D eigenvalue weighted by Gasteiger charge is 2.44. The number of rotatable bonds is 5. The van der Waals surface area contributed by atoms with Crippen molar-refractivity contribution in [1.82, 2.24) is 15.5 Å². The molecule has 7 heteroatoms. The van der Waals surface area contributed by atoms with Gasteiger partial charge in [-0.2, -0.15) is 0 Å². The minimum absolute atomic E-state index is 0.0324. The summed E-state index contributed by atoms with van der Waals surface area (Å²) in [5.74, 6) is -0.564. The third-order valence-electron chi connectivity index (χ3n) is 4.49. The number of nitrogens with one attached hydrogen (secondary N) is 2. The smallest absolute Gasteiger partial charge is 0.332 e. The molecule has 7 nitrogen and oxygen atoms in total. The van der Waals surface area contributed by atoms with Gasteiger partial charge in [0.05, 0.1) is 6.61 Å². The summed E-state index contributed by atoms with van der Waals surface area (Å²) in [6, 6.07) is -0.416. The Kier molecular flexibility index (Phi) is 5.41. The second-order valence-electron chi connectivity index (χ2n) is 5.90. The maximum Gasteiger partial charge on any atom is 0.332 e. The lowest BCUT2D eigenvalue weighted by atomic mass is 9.97. The van der Waals surface area contributed by atoms with Gasteiger partial charge in [-0.15, -0.1) is 0 Å². The number of carboxylic acids is 1. The van der Waals surface area contributed by atoms with E-state index in [1.165, 1.54) is 0 Å². The van der Waals surface area contributed by atoms with E-state index in [0.717, 1.165) is 32.5 Å². The molecular formula is C14H25N3O4. The van der Waals surface area contributed by atoms with Crippen LogP contribution in [0.25, 0.3) is 0 Å². The number of piperidine rings is 1. The van der Waals surface area contributed by atoms with Crippen molar-refractivity contribution < 1.29 is 19.4 Å². The highest BCUT2D eigenvalue weighted by Crippen LogP contribution is 2.19. The molecule has 2 aliphatic rings. The lowest BCUT2D eigenvalue weighted by molar-refractivity contribution is -0.144. The second-order valence-corrected chi connectivity index (χ2v) is 5.90. The number of hydrogen-bond donors (Lipinski definition) is 3. The quantitative estimate of drug-likeness (QED) is 0.677. The number of aliphatic carboxylic acids is 1. The minimum atomic E-state index is -1.27. The molecule has 0 aromatic heterocycles. The highest BCUT2D eigenvalue weighted by atomic mass is 16.5. The Bertz CT molecular complexity index is 374. The standard InChI is InChI=1S/C14H25N3O4/c1-2-17-6-3-11(4-7-17)9-15-13(20)16-14(12(18)19)5-8-21-10-14/h11H,2-10H2,1H3,(H,18,19)(H2,15,16,20). The topological polar surface area (TPSA) is 90.9 Å². The summed E-state index contributed by atoms with van der Waals surface area (Å²) in [5, 5.41) is 14.6. The molecule has 0 radical (unpaired) electrons. The van der Waals surface area contributed by atoms with E-state index in [4.69, 9.17) is 4.74 Å². The molecule has 120 valence electrons. The minimum Gasteiger partial charge on any atom is -0.479 e. The molecule has 1 atom stereocenters. The Balaban J connectivity index is 1.73. The zero-order chi connectivity index (χ0) is 15.3. The molecule has 0 aliphatic carbocycles. The molecule has 2 heterocycles. The van der Waals surface area contributed by atoms with Crippen molar-refractivity contribution in [3.63, 3.8) is 0 Å². The van der Waals surface area contributed by atoms with Crippen molar-refractivity contribution in [3.8, 4) is 0 Å². The number of carboxylic acid groups (broad SMARTS) is 1. The summed E-state index contributed by atoms with van der Waals surface area (Å²) < 4.78 is 5.11. The fourth-order valence-electron chi connectivity index (χ4n) is 2.89. The maximum atomic E-state index is 11.9. The number of likely N-dealkylation sites (tertiary alicyclic amines) is 1. The number of nitrogens with zero attached hydrogens (tertiary/aromatic N) is 1. The monoisotopic (exact) mass is 299 g/mol. The molecule has 0 aromatic rings. The van der Waals surface area contributed by atoms with Crippen molar-refractivity contribution in [1.29, 1.82) is 0 Å². The fraction of sp³-hybridized carbons (Fsp3) is 0.857. The van der Waals surface area contributed by atoms with E-state index in [1.807, 2.05) is 0 Å². The molecule has 0 bridgehead atoms. The molecule has 2 amide bonds. The van der Waals surface area contributed by atoms with Crippen LogP contribution >= 0.6 is 0 Å². The number of carbonyl (C=O) groups is 2. The van der Waals surface area contributed by atoms with E-state index in [0.29, 0.717) is 25.5 Å². The van der Waals surface area contributed by atoms with Gasteiger partial charge in [0.15, 0.2) is 5.54 Å². The molecule has 1 unspecified atom stereocenters. The van der Waals surface area contributed by atoms with Crippen LogP contribution in [-0.2, 0) is 9.53 Å². The van der Waals surface area contributed by atoms with Gasteiger partial charge in [-0.1, -0.05) is 6.92 Å². The summed E-state index contributed by atoms with van der Waals surface area (Å²) >= 11 is 0. The van der Waals surface area contributed by atoms with Gasteiger partial charge in [-0.25, -0.2) is 9.59 Å². The predicted molar refractivity (Wildman–Crippen MR) is 77.2 cm³/mol. The van der Waals surface area contributed by atoms with Crippen LogP contribution in [0.2, 0.25) is 0 Å². The van der Waals surface area contributed by atoms with Crippen molar-refractivity contribution >= 4 is 12.0 Å². The first-order valence-electron chi connectivity index (χ1n) is 7.65. The van der Waals surface area contributed by atoms with Crippen molar-refractivity contribution in [2.75, 3.05) is 39.4 Å². The number of ether oxygens (including phenoxy) is 1. The third kappa shape index (κ3) is 4.07. The molecule has 3 N–H and O–H groups in total. The molecule has 0 saturated carbocycles. The Hall–Kier alpha value is -1.34. The van der Waals surface area contributed by atoms with Gasteiger partial charge in [0.25, 0.3) is 0 Å². The molecule has 2 aliphatic heterocycles. The molecular weight excluding hydrogens is 274 g/mol. The molecule has 2 rings (SSSR count). The molecule has 21 heavy (non-hydrogen) atoms. The van der Waals surface area contributed by atoms with Gasteiger partial charge >= 0.3 is 12.0 Å². The second kappa shape index (κ2) is 7.09. The summed E-state index contributed by atoms with van der Waals surface area (Å²) in [4.78, 5) is 25.6. The van der Waals surface area contributed by atoms with Gasteiger partial charge in [-0.3, -0.25) is 0 Å². The van der Waals surface area contributed by atoms with E-state index >= 15 is 0 Å². The van der Waals surface area contributed by atoms with Crippen molar-refractivity contribution in [2.24, 2.45) is 5.92 Å². The molecule has 2 saturated heterocycles. The van der Waals surface area contributed by atoms with E-state index < -0.39 is 17.5 Å². The van der Waals surface area contributed by atoms with Gasteiger partial charge in [-0.05, 0) is 38.4 Å². The maximum absolute atomic E-state index is 11.9. The average Bonchev–Trinajstić information content (AvgIpc) is 2.95. The summed E-state index contributed by atoms with van der Waals surface area (Å²) in [7, 11) is 0. The molecule has 0 spiro atoms. The molecule has 0 aromatic carbocycles. The summed E-state index contributed by atoms with van der Waals surface area (Å²) in [6.45, 7) is 6.35. The first-order chi connectivity index (χ1) is 10.1. The zero-order valence-corrected chi connectivity index (χ0v) is 12.6. The Morgan fingerprint density at radius 2 is 2.10 bits per heavy atom. The van der Waals surface area contributed by atoms with E-state index in [-0.39, 0.29) is 6.61 Å². The van der Waals surface area contributed by atoms with Crippen LogP contribution in [0.3, 0.4) is 0 Å². The van der Waals surface area contributed by atoms with E-state index in [2.05, 4.69) is 22.5 Å². The lowest BCUT2D eigenvalue weighted by Gasteiger charge is -2.31. The highest BCUT2D eigenvalue weighted by molar-refractivity contribution is 5.86. The Morgan fingerprint density at radius 1 is 1.38 bits per heavy atom. The van der Waals surface area contributed by atoms with Gasteiger partial charge in [0.1, 0.15) is 0 Å². The van der Waals surface area contributed by atoms with Crippen LogP contribution in [0, 0.1) is 5.92 Å². The lowest BCUT2D eigenvalue weighted by Crippen LogP contribution is -2.58. The number of urea groups is 1. The Morgan fingerprint density at radius 3 is 2.62 bits per heavy atom. The molecule has 2 fully saturated rings. The predicted octanol–water partition coefficient (Wildman–Crippen LogP) is 0.261. The number of hydrogen-bond acceptors (Lipinski definition) is 4. The van der Waals surface area contributed by atoms with Gasteiger partial charge in [0, 0.05) is 19.6 Å². The van der Waals surface area contributed by atoms with Crippen molar-refractivity contribution in [2.45, 2.75) is 31.7 Å². The third-order valence-corrected chi connectivity index (χ3v) is 4.49. The van der Waals surface area contributed by atoms with Crippen LogP contribution < -0.4 is 10.6 Å². The van der Waals surface area contributed by atoms with Crippen molar-refractivity contribution in [3.05, 3.63) is 0 Å². The normalized spacial score (nSPS) is 27.5. The largest absolute Gasteiger partial charge is 0.479 e. The first-order valence-corrected chi connectivity index (χ1v) is 7.65. The Labute approximate surface area is 125 Å². The summed E-state index contributed by atoms with van der Waals surface area (Å²) in [6.07, 6.45) is 2.45. The van der Waals surface area contributed by atoms with Gasteiger partial charge in [0.2, 0.25) is 0 Å². The number of carbonyl (C=O) groups excluding carboxylic acids is 1. The van der Waals surface area contributed by atoms with Crippen LogP contribution in [0.1, 0.15) is 26.2 Å². The number of amides is 2. The average molecular weight is 299 g/mol.